The molecular formula is C20H20BrN3O2S. The molecule has 2 N–H and O–H groups in total. The van der Waals surface area contributed by atoms with Crippen molar-refractivity contribution in [3.05, 3.63) is 73.7 Å². The lowest BCUT2D eigenvalue weighted by atomic mass is 10.1. The van der Waals surface area contributed by atoms with Gasteiger partial charge in [0.25, 0.3) is 5.56 Å². The highest BCUT2D eigenvalue weighted by Gasteiger charge is 2.07. The Morgan fingerprint density at radius 3 is 2.74 bits per heavy atom. The second kappa shape index (κ2) is 9.10. The standard InChI is InChI=1S/C20H20BrN3O2S/c21-15-8-9-17-16(13-15)19(26)24(20(27)23-17)12-4-7-18(25)22-11-10-14-5-2-1-3-6-14/h1-3,5-6,8-9,13H,4,7,10-12H2,(H,22,25)(H,23,27). The number of halogens is 1. The van der Waals surface area contributed by atoms with E-state index in [0.29, 0.717) is 41.6 Å². The van der Waals surface area contributed by atoms with E-state index in [0.717, 1.165) is 10.9 Å². The first kappa shape index (κ1) is 19.5. The number of aromatic amines is 1. The van der Waals surface area contributed by atoms with E-state index in [4.69, 9.17) is 12.2 Å². The monoisotopic (exact) mass is 445 g/mol. The van der Waals surface area contributed by atoms with Crippen molar-refractivity contribution in [2.75, 3.05) is 6.54 Å². The first-order chi connectivity index (χ1) is 13.0. The summed E-state index contributed by atoms with van der Waals surface area (Å²) < 4.78 is 2.72. The molecule has 0 saturated heterocycles. The van der Waals surface area contributed by atoms with E-state index in [9.17, 15) is 9.59 Å². The van der Waals surface area contributed by atoms with Crippen molar-refractivity contribution in [1.82, 2.24) is 14.9 Å². The number of H-pyrrole nitrogens is 1. The summed E-state index contributed by atoms with van der Waals surface area (Å²) in [7, 11) is 0. The summed E-state index contributed by atoms with van der Waals surface area (Å²) in [5.41, 5.74) is 1.76. The summed E-state index contributed by atoms with van der Waals surface area (Å²) in [4.78, 5) is 27.7. The largest absolute Gasteiger partial charge is 0.356 e. The quantitative estimate of drug-likeness (QED) is 0.540. The van der Waals surface area contributed by atoms with Crippen LogP contribution in [-0.4, -0.2) is 22.0 Å². The zero-order valence-electron chi connectivity index (χ0n) is 14.7. The number of hydrogen-bond donors (Lipinski definition) is 2. The number of benzene rings is 2. The minimum absolute atomic E-state index is 0.0163. The Morgan fingerprint density at radius 2 is 1.96 bits per heavy atom. The van der Waals surface area contributed by atoms with Gasteiger partial charge in [-0.15, -0.1) is 0 Å². The lowest BCUT2D eigenvalue weighted by Crippen LogP contribution is -2.27. The predicted octanol–water partition coefficient (Wildman–Crippen LogP) is 3.96. The first-order valence-electron chi connectivity index (χ1n) is 8.77. The molecule has 0 bridgehead atoms. The Kier molecular flexibility index (Phi) is 6.58. The molecule has 27 heavy (non-hydrogen) atoms. The zero-order valence-corrected chi connectivity index (χ0v) is 17.1. The molecular weight excluding hydrogens is 426 g/mol. The minimum Gasteiger partial charge on any atom is -0.356 e. The van der Waals surface area contributed by atoms with Gasteiger partial charge in [-0.2, -0.15) is 0 Å². The Bertz CT molecular complexity index is 1060. The average Bonchev–Trinajstić information content (AvgIpc) is 2.66. The van der Waals surface area contributed by atoms with Crippen LogP contribution < -0.4 is 10.9 Å². The number of hydrogen-bond acceptors (Lipinski definition) is 3. The van der Waals surface area contributed by atoms with Crippen LogP contribution in [0.2, 0.25) is 0 Å². The maximum absolute atomic E-state index is 12.7. The van der Waals surface area contributed by atoms with E-state index >= 15 is 0 Å². The van der Waals surface area contributed by atoms with Crippen molar-refractivity contribution in [2.45, 2.75) is 25.8 Å². The molecule has 1 amide bonds. The van der Waals surface area contributed by atoms with E-state index in [1.807, 2.05) is 42.5 Å². The summed E-state index contributed by atoms with van der Waals surface area (Å²) in [6.07, 6.45) is 1.71. The Balaban J connectivity index is 1.55. The molecule has 0 aliphatic carbocycles. The van der Waals surface area contributed by atoms with Crippen LogP contribution in [0.4, 0.5) is 0 Å². The smallest absolute Gasteiger partial charge is 0.262 e. The fourth-order valence-electron chi connectivity index (χ4n) is 2.90. The lowest BCUT2D eigenvalue weighted by molar-refractivity contribution is -0.121. The van der Waals surface area contributed by atoms with E-state index in [1.165, 1.54) is 10.1 Å². The molecule has 0 aliphatic rings. The van der Waals surface area contributed by atoms with Gasteiger partial charge in [0, 0.05) is 24.0 Å². The van der Waals surface area contributed by atoms with Crippen molar-refractivity contribution in [3.63, 3.8) is 0 Å². The highest BCUT2D eigenvalue weighted by molar-refractivity contribution is 9.10. The molecule has 5 nitrogen and oxygen atoms in total. The van der Waals surface area contributed by atoms with E-state index in [-0.39, 0.29) is 11.5 Å². The molecule has 1 heterocycles. The fraction of sp³-hybridized carbons (Fsp3) is 0.250. The molecule has 3 rings (SSSR count). The van der Waals surface area contributed by atoms with Crippen molar-refractivity contribution in [2.24, 2.45) is 0 Å². The van der Waals surface area contributed by atoms with Crippen LogP contribution in [0.15, 0.2) is 57.8 Å². The highest BCUT2D eigenvalue weighted by Crippen LogP contribution is 2.15. The SMILES string of the molecule is O=C(CCCn1c(=S)[nH]c2ccc(Br)cc2c1=O)NCCc1ccccc1. The molecule has 1 aromatic heterocycles. The third-order valence-corrected chi connectivity index (χ3v) is 5.12. The van der Waals surface area contributed by atoms with Crippen LogP contribution in [0.1, 0.15) is 18.4 Å². The van der Waals surface area contributed by atoms with Crippen molar-refractivity contribution in [3.8, 4) is 0 Å². The second-order valence-corrected chi connectivity index (χ2v) is 7.57. The molecule has 3 aromatic rings. The van der Waals surface area contributed by atoms with Crippen LogP contribution in [0.3, 0.4) is 0 Å². The van der Waals surface area contributed by atoms with Gasteiger partial charge in [0.15, 0.2) is 4.77 Å². The summed E-state index contributed by atoms with van der Waals surface area (Å²) in [6, 6.07) is 15.5. The first-order valence-corrected chi connectivity index (χ1v) is 9.98. The molecule has 0 unspecified atom stereocenters. The number of amides is 1. The van der Waals surface area contributed by atoms with Crippen LogP contribution in [0, 0.1) is 4.77 Å². The average molecular weight is 446 g/mol. The van der Waals surface area contributed by atoms with Gasteiger partial charge >= 0.3 is 0 Å². The summed E-state index contributed by atoms with van der Waals surface area (Å²) in [6.45, 7) is 1.01. The number of rotatable bonds is 7. The van der Waals surface area contributed by atoms with Crippen molar-refractivity contribution in [1.29, 1.82) is 0 Å². The summed E-state index contributed by atoms with van der Waals surface area (Å²) in [5, 5.41) is 3.49. The van der Waals surface area contributed by atoms with Gasteiger partial charge in [-0.3, -0.25) is 14.2 Å². The Hall–Kier alpha value is -2.25. The van der Waals surface area contributed by atoms with Crippen LogP contribution in [-0.2, 0) is 17.8 Å². The van der Waals surface area contributed by atoms with E-state index in [1.54, 1.807) is 6.07 Å². The number of fused-ring (bicyclic) bond motifs is 1. The van der Waals surface area contributed by atoms with Crippen LogP contribution in [0.5, 0.6) is 0 Å². The maximum atomic E-state index is 12.7. The third kappa shape index (κ3) is 5.14. The van der Waals surface area contributed by atoms with E-state index in [2.05, 4.69) is 26.2 Å². The molecule has 140 valence electrons. The van der Waals surface area contributed by atoms with Crippen LogP contribution in [0.25, 0.3) is 10.9 Å². The minimum atomic E-state index is -0.139. The van der Waals surface area contributed by atoms with Gasteiger partial charge < -0.3 is 10.3 Å². The number of carbonyl (C=O) groups excluding carboxylic acids is 1. The number of nitrogens with one attached hydrogen (secondary N) is 2. The topological polar surface area (TPSA) is 66.9 Å². The number of nitrogens with zero attached hydrogens (tertiary/aromatic N) is 1. The van der Waals surface area contributed by atoms with Gasteiger partial charge in [0.1, 0.15) is 0 Å². The zero-order chi connectivity index (χ0) is 19.2. The molecule has 0 spiro atoms. The van der Waals surface area contributed by atoms with Gasteiger partial charge in [-0.05, 0) is 48.8 Å². The van der Waals surface area contributed by atoms with E-state index < -0.39 is 0 Å². The molecule has 2 aromatic carbocycles. The Morgan fingerprint density at radius 1 is 1.19 bits per heavy atom. The molecule has 0 atom stereocenters. The predicted molar refractivity (Wildman–Crippen MR) is 113 cm³/mol. The van der Waals surface area contributed by atoms with Gasteiger partial charge in [0.05, 0.1) is 10.9 Å². The van der Waals surface area contributed by atoms with Crippen molar-refractivity contribution < 1.29 is 4.79 Å². The van der Waals surface area contributed by atoms with Gasteiger partial charge in [0.2, 0.25) is 5.91 Å². The molecule has 7 heteroatoms. The molecule has 0 saturated carbocycles. The maximum Gasteiger partial charge on any atom is 0.262 e. The lowest BCUT2D eigenvalue weighted by Gasteiger charge is -2.09. The summed E-state index contributed by atoms with van der Waals surface area (Å²) in [5.74, 6) is -0.0163. The van der Waals surface area contributed by atoms with Gasteiger partial charge in [-0.25, -0.2) is 0 Å². The normalized spacial score (nSPS) is 10.9. The summed E-state index contributed by atoms with van der Waals surface area (Å²) >= 11 is 8.68. The van der Waals surface area contributed by atoms with Crippen molar-refractivity contribution >= 4 is 45.0 Å². The third-order valence-electron chi connectivity index (χ3n) is 4.31. The number of aromatic nitrogens is 2. The van der Waals surface area contributed by atoms with Gasteiger partial charge in [-0.1, -0.05) is 46.3 Å². The molecule has 0 radical (unpaired) electrons. The number of carbonyl (C=O) groups is 1. The highest BCUT2D eigenvalue weighted by atomic mass is 79.9. The molecule has 0 fully saturated rings. The van der Waals surface area contributed by atoms with Crippen LogP contribution >= 0.6 is 28.1 Å². The fourth-order valence-corrected chi connectivity index (χ4v) is 3.55. The Labute approximate surface area is 170 Å². The second-order valence-electron chi connectivity index (χ2n) is 6.27. The molecule has 0 aliphatic heterocycles.